The zero-order chi connectivity index (χ0) is 22.0. The number of hydrogen-bond acceptors (Lipinski definition) is 5. The number of aromatic nitrogens is 2. The summed E-state index contributed by atoms with van der Waals surface area (Å²) in [6, 6.07) is 13.9. The van der Waals surface area contributed by atoms with E-state index in [1.165, 1.54) is 17.8 Å². The van der Waals surface area contributed by atoms with Crippen molar-refractivity contribution in [1.29, 1.82) is 0 Å². The fourth-order valence-corrected chi connectivity index (χ4v) is 4.65. The number of nitrogens with zero attached hydrogens (tertiary/aromatic N) is 2. The van der Waals surface area contributed by atoms with Gasteiger partial charge in [-0.15, -0.1) is 0 Å². The number of carbonyl (C=O) groups excluding carboxylic acids is 1. The number of rotatable bonds is 6. The van der Waals surface area contributed by atoms with Gasteiger partial charge in [-0.2, -0.15) is 4.98 Å². The highest BCUT2D eigenvalue weighted by atomic mass is 32.2. The number of anilines is 1. The van der Waals surface area contributed by atoms with Crippen molar-refractivity contribution in [3.63, 3.8) is 0 Å². The molecular formula is C23H22FN3O3S. The van der Waals surface area contributed by atoms with Crippen LogP contribution < -0.4 is 15.6 Å². The molecule has 0 spiro atoms. The van der Waals surface area contributed by atoms with E-state index in [0.29, 0.717) is 40.2 Å². The summed E-state index contributed by atoms with van der Waals surface area (Å²) >= 11 is 1.25. The highest BCUT2D eigenvalue weighted by molar-refractivity contribution is 7.98. The molecule has 1 aromatic heterocycles. The van der Waals surface area contributed by atoms with Gasteiger partial charge in [0, 0.05) is 25.1 Å². The van der Waals surface area contributed by atoms with Crippen molar-refractivity contribution >= 4 is 23.5 Å². The van der Waals surface area contributed by atoms with Crippen LogP contribution in [0.2, 0.25) is 0 Å². The highest BCUT2D eigenvalue weighted by Crippen LogP contribution is 2.37. The Bertz CT molecular complexity index is 1190. The second-order valence-corrected chi connectivity index (χ2v) is 8.15. The molecule has 0 bridgehead atoms. The fourth-order valence-electron chi connectivity index (χ4n) is 3.69. The van der Waals surface area contributed by atoms with Crippen molar-refractivity contribution in [2.75, 3.05) is 11.9 Å². The first-order chi connectivity index (χ1) is 15.0. The summed E-state index contributed by atoms with van der Waals surface area (Å²) < 4.78 is 21.2. The van der Waals surface area contributed by atoms with Crippen LogP contribution in [0, 0.1) is 5.82 Å². The summed E-state index contributed by atoms with van der Waals surface area (Å²) in [6.45, 7) is 2.42. The summed E-state index contributed by atoms with van der Waals surface area (Å²) in [6.07, 6.45) is 0.154. The molecule has 1 aliphatic rings. The summed E-state index contributed by atoms with van der Waals surface area (Å²) in [5.74, 6) is 0.542. The molecule has 1 unspecified atom stereocenters. The van der Waals surface area contributed by atoms with Crippen LogP contribution in [0.4, 0.5) is 10.2 Å². The Morgan fingerprint density at radius 3 is 2.81 bits per heavy atom. The van der Waals surface area contributed by atoms with Crippen LogP contribution in [-0.4, -0.2) is 22.1 Å². The first-order valence-electron chi connectivity index (χ1n) is 9.97. The molecule has 31 heavy (non-hydrogen) atoms. The van der Waals surface area contributed by atoms with E-state index in [-0.39, 0.29) is 18.1 Å². The van der Waals surface area contributed by atoms with Crippen LogP contribution >= 0.6 is 11.8 Å². The Labute approximate surface area is 183 Å². The maximum absolute atomic E-state index is 14.0. The van der Waals surface area contributed by atoms with E-state index in [1.54, 1.807) is 29.8 Å². The van der Waals surface area contributed by atoms with Gasteiger partial charge in [-0.3, -0.25) is 9.59 Å². The van der Waals surface area contributed by atoms with Gasteiger partial charge in [0.05, 0.1) is 12.2 Å². The van der Waals surface area contributed by atoms with Gasteiger partial charge in [0.15, 0.2) is 5.16 Å². The number of benzene rings is 2. The van der Waals surface area contributed by atoms with Gasteiger partial charge in [-0.05, 0) is 36.2 Å². The number of carbonyl (C=O) groups is 1. The molecule has 4 rings (SSSR count). The molecule has 1 aliphatic heterocycles. The van der Waals surface area contributed by atoms with Crippen LogP contribution in [0.3, 0.4) is 0 Å². The Morgan fingerprint density at radius 2 is 2.03 bits per heavy atom. The molecule has 2 heterocycles. The summed E-state index contributed by atoms with van der Waals surface area (Å²) in [5, 5.41) is 3.24. The average Bonchev–Trinajstić information content (AvgIpc) is 2.76. The van der Waals surface area contributed by atoms with Crippen molar-refractivity contribution < 1.29 is 13.9 Å². The Balaban J connectivity index is 1.71. The molecule has 0 saturated carbocycles. The number of thioether (sulfide) groups is 1. The Hall–Kier alpha value is -3.13. The molecule has 1 N–H and O–H groups in total. The van der Waals surface area contributed by atoms with Crippen LogP contribution in [0.1, 0.15) is 36.0 Å². The molecule has 0 aliphatic carbocycles. The number of ether oxygens (including phenoxy) is 1. The molecule has 0 radical (unpaired) electrons. The fraction of sp³-hybridized carbons (Fsp3) is 0.261. The normalized spacial score (nSPS) is 15.3. The van der Waals surface area contributed by atoms with Crippen LogP contribution in [0.5, 0.6) is 5.75 Å². The minimum absolute atomic E-state index is 0.154. The van der Waals surface area contributed by atoms with E-state index >= 15 is 0 Å². The Morgan fingerprint density at radius 1 is 1.23 bits per heavy atom. The van der Waals surface area contributed by atoms with Crippen molar-refractivity contribution in [2.45, 2.75) is 30.2 Å². The monoisotopic (exact) mass is 439 g/mol. The number of hydrogen-bond donors (Lipinski definition) is 1. The van der Waals surface area contributed by atoms with Gasteiger partial charge in [0.2, 0.25) is 5.91 Å². The molecule has 0 fully saturated rings. The maximum atomic E-state index is 14.0. The van der Waals surface area contributed by atoms with Gasteiger partial charge in [0.1, 0.15) is 17.4 Å². The molecule has 3 aromatic rings. The van der Waals surface area contributed by atoms with E-state index in [1.807, 2.05) is 31.2 Å². The lowest BCUT2D eigenvalue weighted by Gasteiger charge is -2.27. The minimum Gasteiger partial charge on any atom is -0.494 e. The molecule has 160 valence electrons. The summed E-state index contributed by atoms with van der Waals surface area (Å²) in [5.41, 5.74) is 1.41. The zero-order valence-electron chi connectivity index (χ0n) is 17.2. The molecule has 1 atom stereocenters. The average molecular weight is 440 g/mol. The molecular weight excluding hydrogens is 417 g/mol. The highest BCUT2D eigenvalue weighted by Gasteiger charge is 2.32. The van der Waals surface area contributed by atoms with Crippen LogP contribution in [0.15, 0.2) is 58.5 Å². The smallest absolute Gasteiger partial charge is 0.279 e. The van der Waals surface area contributed by atoms with Crippen LogP contribution in [0.25, 0.3) is 0 Å². The third-order valence-electron chi connectivity index (χ3n) is 5.19. The standard InChI is InChI=1S/C23H22FN3O3S/c1-3-30-16-9-6-8-14(11-16)17-12-19(28)25-21-20(17)22(29)26-23(27(21)2)31-13-15-7-4-5-10-18(15)24/h4-11,17H,3,12-13H2,1-2H3,(H,25,28). The lowest BCUT2D eigenvalue weighted by molar-refractivity contribution is -0.116. The second kappa shape index (κ2) is 8.93. The van der Waals surface area contributed by atoms with Crippen molar-refractivity contribution in [3.8, 4) is 5.75 Å². The minimum atomic E-state index is -0.416. The second-order valence-electron chi connectivity index (χ2n) is 7.21. The Kier molecular flexibility index (Phi) is 6.08. The predicted octanol–water partition coefficient (Wildman–Crippen LogP) is 4.08. The third-order valence-corrected chi connectivity index (χ3v) is 6.27. The summed E-state index contributed by atoms with van der Waals surface area (Å²) in [7, 11) is 1.74. The van der Waals surface area contributed by atoms with E-state index in [2.05, 4.69) is 10.3 Å². The van der Waals surface area contributed by atoms with Crippen LogP contribution in [-0.2, 0) is 17.6 Å². The van der Waals surface area contributed by atoms with Gasteiger partial charge in [0.25, 0.3) is 5.56 Å². The largest absolute Gasteiger partial charge is 0.494 e. The predicted molar refractivity (Wildman–Crippen MR) is 118 cm³/mol. The van der Waals surface area contributed by atoms with E-state index in [0.717, 1.165) is 5.56 Å². The van der Waals surface area contributed by atoms with E-state index < -0.39 is 11.5 Å². The van der Waals surface area contributed by atoms with E-state index in [9.17, 15) is 14.0 Å². The first-order valence-corrected chi connectivity index (χ1v) is 11.0. The van der Waals surface area contributed by atoms with E-state index in [4.69, 9.17) is 4.74 Å². The number of fused-ring (bicyclic) bond motifs is 1. The zero-order valence-corrected chi connectivity index (χ0v) is 18.0. The molecule has 2 aromatic carbocycles. The summed E-state index contributed by atoms with van der Waals surface area (Å²) in [4.78, 5) is 29.8. The van der Waals surface area contributed by atoms with Crippen molar-refractivity contribution in [2.24, 2.45) is 7.05 Å². The SMILES string of the molecule is CCOc1cccc(C2CC(=O)Nc3c2c(=O)nc(SCc2ccccc2F)n3C)c1. The topological polar surface area (TPSA) is 73.2 Å². The third kappa shape index (κ3) is 4.34. The van der Waals surface area contributed by atoms with Gasteiger partial charge in [-0.25, -0.2) is 4.39 Å². The lowest BCUT2D eigenvalue weighted by Crippen LogP contribution is -2.33. The molecule has 0 saturated heterocycles. The van der Waals surface area contributed by atoms with Crippen molar-refractivity contribution in [3.05, 3.63) is 81.4 Å². The van der Waals surface area contributed by atoms with Gasteiger partial charge < -0.3 is 14.6 Å². The molecule has 6 nitrogen and oxygen atoms in total. The van der Waals surface area contributed by atoms with Crippen molar-refractivity contribution in [1.82, 2.24) is 9.55 Å². The van der Waals surface area contributed by atoms with Gasteiger partial charge in [-0.1, -0.05) is 42.1 Å². The molecule has 1 amide bonds. The maximum Gasteiger partial charge on any atom is 0.279 e. The first kappa shape index (κ1) is 21.1. The number of halogens is 1. The number of nitrogens with one attached hydrogen (secondary N) is 1. The number of amides is 1. The quantitative estimate of drug-likeness (QED) is 0.463. The molecule has 8 heteroatoms. The lowest BCUT2D eigenvalue weighted by atomic mass is 9.86. The van der Waals surface area contributed by atoms with Gasteiger partial charge >= 0.3 is 0 Å².